The van der Waals surface area contributed by atoms with Gasteiger partial charge in [-0.3, -0.25) is 5.10 Å². The van der Waals surface area contributed by atoms with Crippen molar-refractivity contribution in [3.05, 3.63) is 45.4 Å². The molecule has 2 aliphatic heterocycles. The molecule has 2 fully saturated rings. The van der Waals surface area contributed by atoms with Crippen LogP contribution in [0.4, 0.5) is 11.6 Å². The Morgan fingerprint density at radius 1 is 1.10 bits per heavy atom. The number of hydrogen-bond donors (Lipinski definition) is 2. The highest BCUT2D eigenvalue weighted by atomic mass is 35.5. The van der Waals surface area contributed by atoms with Crippen LogP contribution in [0.5, 0.6) is 0 Å². The number of aryl methyl sites for hydroxylation is 3. The Morgan fingerprint density at radius 3 is 2.63 bits per heavy atom. The van der Waals surface area contributed by atoms with E-state index in [1.54, 1.807) is 0 Å². The summed E-state index contributed by atoms with van der Waals surface area (Å²) in [4.78, 5) is 15.3. The van der Waals surface area contributed by atoms with Crippen LogP contribution in [0.3, 0.4) is 0 Å². The van der Waals surface area contributed by atoms with Crippen molar-refractivity contribution in [1.82, 2.24) is 29.9 Å². The van der Waals surface area contributed by atoms with Crippen LogP contribution >= 0.6 is 11.6 Å². The lowest BCUT2D eigenvalue weighted by Crippen LogP contribution is -2.49. The number of anilines is 2. The number of piperidine rings is 1. The van der Waals surface area contributed by atoms with Gasteiger partial charge in [0.1, 0.15) is 16.7 Å². The molecule has 1 aromatic carbocycles. The summed E-state index contributed by atoms with van der Waals surface area (Å²) in [5.74, 6) is 3.22. The summed E-state index contributed by atoms with van der Waals surface area (Å²) in [6.07, 6.45) is 3.50. The second kappa shape index (κ2) is 9.70. The topological polar surface area (TPSA) is 99.0 Å². The van der Waals surface area contributed by atoms with Gasteiger partial charge in [-0.1, -0.05) is 31.5 Å². The molecule has 1 aliphatic carbocycles. The van der Waals surface area contributed by atoms with Gasteiger partial charge in [-0.2, -0.15) is 10.2 Å². The van der Waals surface area contributed by atoms with Gasteiger partial charge in [-0.15, -0.1) is 0 Å². The van der Waals surface area contributed by atoms with E-state index in [0.29, 0.717) is 18.9 Å². The molecule has 3 aromatic heterocycles. The van der Waals surface area contributed by atoms with Crippen molar-refractivity contribution in [1.29, 1.82) is 0 Å². The molecule has 0 bridgehead atoms. The van der Waals surface area contributed by atoms with Gasteiger partial charge in [0.05, 0.1) is 23.0 Å². The molecule has 0 radical (unpaired) electrons. The molecule has 4 aromatic rings. The number of aromatic amines is 1. The number of H-pyrrole nitrogens is 1. The molecule has 2 N–H and O–H groups in total. The molecule has 1 saturated heterocycles. The minimum Gasteiger partial charge on any atom is -0.392 e. The molecule has 216 valence electrons. The van der Waals surface area contributed by atoms with Gasteiger partial charge in [0.2, 0.25) is 0 Å². The Labute approximate surface area is 245 Å². The fourth-order valence-electron chi connectivity index (χ4n) is 6.72. The molecule has 3 aliphatic rings. The first-order chi connectivity index (χ1) is 19.7. The summed E-state index contributed by atoms with van der Waals surface area (Å²) in [5, 5.41) is 25.2. The van der Waals surface area contributed by atoms with Crippen LogP contribution in [0.25, 0.3) is 22.3 Å². The van der Waals surface area contributed by atoms with Crippen molar-refractivity contribution >= 4 is 34.1 Å². The number of aliphatic hydroxyl groups excluding tert-OH is 1. The maximum absolute atomic E-state index is 10.8. The van der Waals surface area contributed by atoms with E-state index in [4.69, 9.17) is 26.7 Å². The third kappa shape index (κ3) is 4.39. The minimum atomic E-state index is -0.337. The molecule has 5 heterocycles. The quantitative estimate of drug-likeness (QED) is 0.323. The maximum Gasteiger partial charge on any atom is 0.162 e. The molecule has 0 unspecified atom stereocenters. The summed E-state index contributed by atoms with van der Waals surface area (Å²) in [5.41, 5.74) is 7.15. The van der Waals surface area contributed by atoms with Gasteiger partial charge in [-0.05, 0) is 51.7 Å². The Morgan fingerprint density at radius 2 is 1.90 bits per heavy atom. The van der Waals surface area contributed by atoms with Crippen LogP contribution in [-0.2, 0) is 19.5 Å². The summed E-state index contributed by atoms with van der Waals surface area (Å²) in [7, 11) is 0. The highest BCUT2D eigenvalue weighted by Gasteiger charge is 2.38. The molecule has 1 saturated carbocycles. The van der Waals surface area contributed by atoms with E-state index in [2.05, 4.69) is 71.4 Å². The smallest absolute Gasteiger partial charge is 0.162 e. The lowest BCUT2D eigenvalue weighted by molar-refractivity contribution is 0.0333. The molecular weight excluding hydrogens is 536 g/mol. The zero-order valence-corrected chi connectivity index (χ0v) is 25.4. The van der Waals surface area contributed by atoms with Gasteiger partial charge < -0.3 is 14.9 Å². The maximum atomic E-state index is 10.8. The average molecular weight is 575 g/mol. The molecule has 9 nitrogen and oxygen atoms in total. The average Bonchev–Trinajstić information content (AvgIpc) is 3.65. The molecule has 0 spiro atoms. The number of nitrogens with zero attached hydrogens (tertiary/aromatic N) is 7. The van der Waals surface area contributed by atoms with E-state index >= 15 is 0 Å². The van der Waals surface area contributed by atoms with Crippen LogP contribution in [0.2, 0.25) is 5.02 Å². The van der Waals surface area contributed by atoms with Gasteiger partial charge >= 0.3 is 0 Å². The number of halogens is 1. The SMILES string of the molecule is CCn1nc(C2CC2)c(Cl)c1N1CCc2nc(-c3c(C)ccc4n[nH]c(C)c34)nc(N3CC[C@@H](O)C(C)(C)C3)c2C1. The molecule has 1 atom stereocenters. The van der Waals surface area contributed by atoms with Crippen LogP contribution in [0, 0.1) is 19.3 Å². The lowest BCUT2D eigenvalue weighted by Gasteiger charge is -2.43. The first-order valence-electron chi connectivity index (χ1n) is 14.9. The first kappa shape index (κ1) is 26.7. The fourth-order valence-corrected chi connectivity index (χ4v) is 7.13. The number of nitrogens with one attached hydrogen (secondary N) is 1. The third-order valence-corrected chi connectivity index (χ3v) is 9.67. The zero-order valence-electron chi connectivity index (χ0n) is 24.6. The summed E-state index contributed by atoms with van der Waals surface area (Å²) >= 11 is 7.02. The van der Waals surface area contributed by atoms with Gasteiger partial charge in [0.15, 0.2) is 5.82 Å². The number of aliphatic hydroxyl groups is 1. The van der Waals surface area contributed by atoms with Crippen LogP contribution in [0.15, 0.2) is 12.1 Å². The van der Waals surface area contributed by atoms with E-state index in [0.717, 1.165) is 99.8 Å². The Bertz CT molecular complexity index is 1650. The van der Waals surface area contributed by atoms with Gasteiger partial charge in [-0.25, -0.2) is 14.6 Å². The van der Waals surface area contributed by atoms with Crippen molar-refractivity contribution in [3.8, 4) is 11.4 Å². The lowest BCUT2D eigenvalue weighted by atomic mass is 9.81. The molecular formula is C31H39ClN8O. The van der Waals surface area contributed by atoms with Crippen LogP contribution in [0.1, 0.15) is 74.2 Å². The largest absolute Gasteiger partial charge is 0.392 e. The molecule has 0 amide bonds. The van der Waals surface area contributed by atoms with E-state index in [9.17, 15) is 5.11 Å². The second-order valence-corrected chi connectivity index (χ2v) is 13.2. The number of rotatable bonds is 5. The molecule has 10 heteroatoms. The van der Waals surface area contributed by atoms with Gasteiger partial charge in [0, 0.05) is 72.7 Å². The Hall–Kier alpha value is -3.17. The molecule has 41 heavy (non-hydrogen) atoms. The standard InChI is InChI=1S/C31H39ClN8O/c1-6-40-30(26(32)27(37-40)19-8-9-19)38-13-11-21-20(15-38)29(39-14-12-23(41)31(4,5)16-39)34-28(33-21)24-17(2)7-10-22-25(24)18(3)35-36-22/h7,10,19,23,41H,6,8-9,11-16H2,1-5H3,(H,35,36)/t23-/m1/s1. The minimum absolute atomic E-state index is 0.245. The highest BCUT2D eigenvalue weighted by Crippen LogP contribution is 2.46. The van der Waals surface area contributed by atoms with Crippen molar-refractivity contribution in [2.45, 2.75) is 85.4 Å². The molecule has 7 rings (SSSR count). The predicted molar refractivity (Wildman–Crippen MR) is 163 cm³/mol. The third-order valence-electron chi connectivity index (χ3n) is 9.30. The summed E-state index contributed by atoms with van der Waals surface area (Å²) in [6, 6.07) is 4.16. The van der Waals surface area contributed by atoms with Crippen molar-refractivity contribution in [3.63, 3.8) is 0 Å². The predicted octanol–water partition coefficient (Wildman–Crippen LogP) is 5.54. The second-order valence-electron chi connectivity index (χ2n) is 12.8. The van der Waals surface area contributed by atoms with Crippen LogP contribution < -0.4 is 9.80 Å². The van der Waals surface area contributed by atoms with Crippen LogP contribution in [-0.4, -0.2) is 60.8 Å². The van der Waals surface area contributed by atoms with Crippen molar-refractivity contribution in [2.75, 3.05) is 29.4 Å². The first-order valence-corrected chi connectivity index (χ1v) is 15.3. The van der Waals surface area contributed by atoms with E-state index in [-0.39, 0.29) is 11.5 Å². The number of hydrogen-bond acceptors (Lipinski definition) is 7. The fraction of sp³-hybridized carbons (Fsp3) is 0.548. The summed E-state index contributed by atoms with van der Waals surface area (Å²) in [6.45, 7) is 14.3. The van der Waals surface area contributed by atoms with Gasteiger partial charge in [0.25, 0.3) is 0 Å². The summed E-state index contributed by atoms with van der Waals surface area (Å²) < 4.78 is 2.07. The van der Waals surface area contributed by atoms with E-state index in [1.165, 1.54) is 12.8 Å². The Kier molecular flexibility index (Phi) is 6.32. The highest BCUT2D eigenvalue weighted by molar-refractivity contribution is 6.33. The van der Waals surface area contributed by atoms with E-state index in [1.807, 2.05) is 0 Å². The Balaban J connectivity index is 1.37. The zero-order chi connectivity index (χ0) is 28.6. The number of aromatic nitrogens is 6. The van der Waals surface area contributed by atoms with Crippen molar-refractivity contribution in [2.24, 2.45) is 5.41 Å². The van der Waals surface area contributed by atoms with E-state index < -0.39 is 0 Å². The van der Waals surface area contributed by atoms with Crippen molar-refractivity contribution < 1.29 is 5.11 Å². The number of benzene rings is 1. The normalized spacial score (nSPS) is 20.6. The monoisotopic (exact) mass is 574 g/mol. The number of fused-ring (bicyclic) bond motifs is 2.